The van der Waals surface area contributed by atoms with Crippen LogP contribution in [-0.4, -0.2) is 54.7 Å². The standard InChI is InChI=1S/C29H36N4O2/c1-19-7-5-8-22(28(34)33-12-6-9-25(33)29(2,3)4)26(19)20-10-11-23-21(17-20)18-24(27(30)31-23)32-13-15-35-16-14-32/h5,7-8,10-11,17-18,25H,6,9,12-16H2,1-4H3,(H2,30,31). The molecule has 6 nitrogen and oxygen atoms in total. The van der Waals surface area contributed by atoms with E-state index in [1.165, 1.54) is 0 Å². The van der Waals surface area contributed by atoms with Crippen LogP contribution in [0.4, 0.5) is 11.5 Å². The molecular formula is C29H36N4O2. The molecule has 2 aliphatic rings. The number of nitrogen functional groups attached to an aromatic ring is 1. The molecule has 1 unspecified atom stereocenters. The lowest BCUT2D eigenvalue weighted by molar-refractivity contribution is 0.0627. The van der Waals surface area contributed by atoms with Gasteiger partial charge in [-0.05, 0) is 66.1 Å². The minimum atomic E-state index is 0.0561. The number of morpholine rings is 1. The molecule has 184 valence electrons. The van der Waals surface area contributed by atoms with Crippen molar-refractivity contribution < 1.29 is 9.53 Å². The third kappa shape index (κ3) is 4.47. The largest absolute Gasteiger partial charge is 0.382 e. The lowest BCUT2D eigenvalue weighted by atomic mass is 9.84. The Morgan fingerprint density at radius 2 is 1.86 bits per heavy atom. The summed E-state index contributed by atoms with van der Waals surface area (Å²) in [4.78, 5) is 22.9. The van der Waals surface area contributed by atoms with E-state index >= 15 is 0 Å². The Hall–Kier alpha value is -3.12. The number of nitrogens with zero attached hydrogens (tertiary/aromatic N) is 3. The van der Waals surface area contributed by atoms with Crippen molar-refractivity contribution in [1.82, 2.24) is 9.88 Å². The summed E-state index contributed by atoms with van der Waals surface area (Å²) in [6.45, 7) is 12.6. The predicted octanol–water partition coefficient (Wildman–Crippen LogP) is 5.28. The highest BCUT2D eigenvalue weighted by molar-refractivity contribution is 6.03. The van der Waals surface area contributed by atoms with Gasteiger partial charge in [0, 0.05) is 36.6 Å². The Labute approximate surface area is 208 Å². The highest BCUT2D eigenvalue weighted by Gasteiger charge is 2.37. The monoisotopic (exact) mass is 472 g/mol. The predicted molar refractivity (Wildman–Crippen MR) is 143 cm³/mol. The van der Waals surface area contributed by atoms with E-state index in [2.05, 4.69) is 66.7 Å². The molecule has 2 N–H and O–H groups in total. The van der Waals surface area contributed by atoms with Crippen molar-refractivity contribution in [2.75, 3.05) is 43.5 Å². The number of pyridine rings is 1. The molecule has 3 heterocycles. The minimum absolute atomic E-state index is 0.0561. The Bertz CT molecular complexity index is 1260. The number of hydrogen-bond donors (Lipinski definition) is 1. The van der Waals surface area contributed by atoms with Gasteiger partial charge < -0.3 is 20.3 Å². The molecule has 0 saturated carbocycles. The minimum Gasteiger partial charge on any atom is -0.382 e. The number of ether oxygens (including phenoxy) is 1. The summed E-state index contributed by atoms with van der Waals surface area (Å²) in [6, 6.07) is 14.7. The zero-order valence-electron chi connectivity index (χ0n) is 21.3. The smallest absolute Gasteiger partial charge is 0.254 e. The van der Waals surface area contributed by atoms with Crippen molar-refractivity contribution in [1.29, 1.82) is 0 Å². The van der Waals surface area contributed by atoms with E-state index in [4.69, 9.17) is 10.5 Å². The molecule has 6 heteroatoms. The SMILES string of the molecule is Cc1cccc(C(=O)N2CCCC2C(C)(C)C)c1-c1ccc2nc(N)c(N3CCOCC3)cc2c1. The second-order valence-corrected chi connectivity index (χ2v) is 10.9. The molecule has 3 aromatic rings. The van der Waals surface area contributed by atoms with E-state index in [1.54, 1.807) is 0 Å². The van der Waals surface area contributed by atoms with Gasteiger partial charge in [0.2, 0.25) is 0 Å². The first kappa shape index (κ1) is 23.6. The molecule has 2 aromatic carbocycles. The summed E-state index contributed by atoms with van der Waals surface area (Å²) in [6.07, 6.45) is 2.12. The topological polar surface area (TPSA) is 71.7 Å². The van der Waals surface area contributed by atoms with Crippen LogP contribution in [-0.2, 0) is 4.74 Å². The first-order valence-electron chi connectivity index (χ1n) is 12.7. The molecule has 0 spiro atoms. The van der Waals surface area contributed by atoms with Gasteiger partial charge in [-0.25, -0.2) is 4.98 Å². The van der Waals surface area contributed by atoms with E-state index in [0.29, 0.717) is 19.0 Å². The molecule has 0 bridgehead atoms. The van der Waals surface area contributed by atoms with Crippen LogP contribution < -0.4 is 10.6 Å². The van der Waals surface area contributed by atoms with Gasteiger partial charge in [-0.3, -0.25) is 4.79 Å². The molecule has 5 rings (SSSR count). The van der Waals surface area contributed by atoms with Crippen molar-refractivity contribution in [3.05, 3.63) is 53.6 Å². The molecule has 0 radical (unpaired) electrons. The molecule has 1 aromatic heterocycles. The first-order chi connectivity index (χ1) is 16.7. The van der Waals surface area contributed by atoms with Crippen molar-refractivity contribution in [2.45, 2.75) is 46.6 Å². The number of fused-ring (bicyclic) bond motifs is 1. The molecule has 2 saturated heterocycles. The number of aromatic nitrogens is 1. The fourth-order valence-corrected chi connectivity index (χ4v) is 5.69. The second-order valence-electron chi connectivity index (χ2n) is 10.9. The average Bonchev–Trinajstić information content (AvgIpc) is 3.34. The molecule has 1 amide bonds. The normalized spacial score (nSPS) is 18.9. The molecule has 35 heavy (non-hydrogen) atoms. The summed E-state index contributed by atoms with van der Waals surface area (Å²) < 4.78 is 5.51. The van der Waals surface area contributed by atoms with E-state index in [-0.39, 0.29) is 17.4 Å². The number of amides is 1. The molecule has 0 aliphatic carbocycles. The van der Waals surface area contributed by atoms with Gasteiger partial charge in [0.1, 0.15) is 5.82 Å². The van der Waals surface area contributed by atoms with Crippen molar-refractivity contribution in [3.8, 4) is 11.1 Å². The number of benzene rings is 2. The van der Waals surface area contributed by atoms with Crippen molar-refractivity contribution >= 4 is 28.3 Å². The van der Waals surface area contributed by atoms with Gasteiger partial charge in [0.25, 0.3) is 5.91 Å². The highest BCUT2D eigenvalue weighted by Crippen LogP contribution is 2.37. The maximum atomic E-state index is 13.9. The maximum absolute atomic E-state index is 13.9. The summed E-state index contributed by atoms with van der Waals surface area (Å²) >= 11 is 0. The van der Waals surface area contributed by atoms with Crippen LogP contribution in [0.2, 0.25) is 0 Å². The Morgan fingerprint density at radius 1 is 1.09 bits per heavy atom. The number of anilines is 2. The van der Waals surface area contributed by atoms with E-state index in [9.17, 15) is 4.79 Å². The van der Waals surface area contributed by atoms with Crippen LogP contribution in [0.5, 0.6) is 0 Å². The Kier molecular flexibility index (Phi) is 6.18. The third-order valence-corrected chi connectivity index (χ3v) is 7.48. The maximum Gasteiger partial charge on any atom is 0.254 e. The van der Waals surface area contributed by atoms with Crippen LogP contribution in [0, 0.1) is 12.3 Å². The number of nitrogens with two attached hydrogens (primary N) is 1. The lowest BCUT2D eigenvalue weighted by Crippen LogP contribution is -2.43. The number of likely N-dealkylation sites (tertiary alicyclic amines) is 1. The lowest BCUT2D eigenvalue weighted by Gasteiger charge is -2.35. The summed E-state index contributed by atoms with van der Waals surface area (Å²) in [5.41, 5.74) is 12.1. The summed E-state index contributed by atoms with van der Waals surface area (Å²) in [5.74, 6) is 0.673. The zero-order chi connectivity index (χ0) is 24.7. The molecule has 1 atom stereocenters. The zero-order valence-corrected chi connectivity index (χ0v) is 21.3. The summed E-state index contributed by atoms with van der Waals surface area (Å²) in [5, 5.41) is 1.02. The van der Waals surface area contributed by atoms with Gasteiger partial charge in [-0.2, -0.15) is 0 Å². The van der Waals surface area contributed by atoms with E-state index in [1.807, 2.05) is 18.2 Å². The van der Waals surface area contributed by atoms with Crippen LogP contribution in [0.3, 0.4) is 0 Å². The number of rotatable bonds is 3. The molecule has 2 fully saturated rings. The number of aryl methyl sites for hydroxylation is 1. The van der Waals surface area contributed by atoms with Crippen LogP contribution in [0.1, 0.15) is 49.5 Å². The molecule has 2 aliphatic heterocycles. The van der Waals surface area contributed by atoms with Crippen LogP contribution in [0.15, 0.2) is 42.5 Å². The van der Waals surface area contributed by atoms with Crippen LogP contribution in [0.25, 0.3) is 22.0 Å². The van der Waals surface area contributed by atoms with E-state index in [0.717, 1.165) is 71.3 Å². The van der Waals surface area contributed by atoms with Gasteiger partial charge in [0.15, 0.2) is 0 Å². The average molecular weight is 473 g/mol. The first-order valence-corrected chi connectivity index (χ1v) is 12.7. The second kappa shape index (κ2) is 9.15. The number of hydrogen-bond acceptors (Lipinski definition) is 5. The summed E-state index contributed by atoms with van der Waals surface area (Å²) in [7, 11) is 0. The quantitative estimate of drug-likeness (QED) is 0.562. The highest BCUT2D eigenvalue weighted by atomic mass is 16.5. The van der Waals surface area contributed by atoms with Gasteiger partial charge >= 0.3 is 0 Å². The number of carbonyl (C=O) groups is 1. The fourth-order valence-electron chi connectivity index (χ4n) is 5.69. The van der Waals surface area contributed by atoms with Crippen molar-refractivity contribution in [2.24, 2.45) is 5.41 Å². The number of carbonyl (C=O) groups excluding carboxylic acids is 1. The fraction of sp³-hybridized carbons (Fsp3) is 0.448. The van der Waals surface area contributed by atoms with E-state index < -0.39 is 0 Å². The molecular weight excluding hydrogens is 436 g/mol. The third-order valence-electron chi connectivity index (χ3n) is 7.48. The Balaban J connectivity index is 1.57. The van der Waals surface area contributed by atoms with Gasteiger partial charge in [0.05, 0.1) is 24.4 Å². The van der Waals surface area contributed by atoms with Crippen molar-refractivity contribution in [3.63, 3.8) is 0 Å². The van der Waals surface area contributed by atoms with Crippen LogP contribution >= 0.6 is 0 Å². The van der Waals surface area contributed by atoms with Gasteiger partial charge in [-0.15, -0.1) is 0 Å². The Morgan fingerprint density at radius 3 is 2.60 bits per heavy atom. The van der Waals surface area contributed by atoms with Gasteiger partial charge in [-0.1, -0.05) is 39.0 Å².